The second kappa shape index (κ2) is 7.82. The Labute approximate surface area is 169 Å². The Hall–Kier alpha value is -2.94. The van der Waals surface area contributed by atoms with Crippen molar-refractivity contribution in [2.75, 3.05) is 25.4 Å². The summed E-state index contributed by atoms with van der Waals surface area (Å²) in [5.41, 5.74) is 0.850. The first-order valence-corrected chi connectivity index (χ1v) is 11.1. The minimum Gasteiger partial charge on any atom is -0.444 e. The lowest BCUT2D eigenvalue weighted by molar-refractivity contribution is -0.157. The summed E-state index contributed by atoms with van der Waals surface area (Å²) in [5.74, 6) is -0.729. The van der Waals surface area contributed by atoms with E-state index in [0.29, 0.717) is 18.7 Å². The zero-order chi connectivity index (χ0) is 20.4. The Kier molecular flexibility index (Phi) is 5.23. The molecule has 3 aliphatic heterocycles. The van der Waals surface area contributed by atoms with Crippen molar-refractivity contribution in [2.45, 2.75) is 18.9 Å². The van der Waals surface area contributed by atoms with Crippen LogP contribution in [0.3, 0.4) is 0 Å². The number of sulfonamides is 1. The van der Waals surface area contributed by atoms with Gasteiger partial charge < -0.3 is 14.5 Å². The van der Waals surface area contributed by atoms with Gasteiger partial charge in [0, 0.05) is 31.4 Å². The minimum atomic E-state index is -3.47. The monoisotopic (exact) mass is 415 g/mol. The standard InChI is InChI=1S/C20H21N3O5S/c24-19(22-10-4-5-11-22)18(15-6-2-1-3-7-15)28-20(25)16-8-9-17-21-29(26,27)13-12-23(17)14-16/h1-3,6-9,14,18H,4-5,10-13H2. The quantitative estimate of drug-likeness (QED) is 0.690. The van der Waals surface area contributed by atoms with Crippen LogP contribution in [0.4, 0.5) is 0 Å². The van der Waals surface area contributed by atoms with Crippen LogP contribution in [0, 0.1) is 0 Å². The Morgan fingerprint density at radius 2 is 1.76 bits per heavy atom. The van der Waals surface area contributed by atoms with Crippen LogP contribution in [-0.2, 0) is 24.3 Å². The van der Waals surface area contributed by atoms with Crippen LogP contribution < -0.4 is 0 Å². The normalized spacial score (nSPS) is 21.1. The number of amides is 1. The molecular weight excluding hydrogens is 394 g/mol. The SMILES string of the molecule is O=C(OC(C(=O)N1CCCC1)c1ccccc1)C1=CN2CCS(=O)(=O)N=C2C=C1. The fourth-order valence-electron chi connectivity index (χ4n) is 3.49. The van der Waals surface area contributed by atoms with Crippen LogP contribution in [0.1, 0.15) is 24.5 Å². The van der Waals surface area contributed by atoms with Crippen molar-refractivity contribution in [3.63, 3.8) is 0 Å². The third-order valence-corrected chi connectivity index (χ3v) is 6.19. The maximum absolute atomic E-state index is 13.0. The first kappa shape index (κ1) is 19.4. The minimum absolute atomic E-state index is 0.122. The number of carbonyl (C=O) groups excluding carboxylic acids is 2. The van der Waals surface area contributed by atoms with Gasteiger partial charge in [0.05, 0.1) is 11.3 Å². The molecule has 152 valence electrons. The molecule has 0 aromatic heterocycles. The topological polar surface area (TPSA) is 96.4 Å². The molecule has 9 heteroatoms. The molecule has 3 heterocycles. The van der Waals surface area contributed by atoms with Gasteiger partial charge in [0.15, 0.2) is 0 Å². The number of amidine groups is 1. The van der Waals surface area contributed by atoms with Gasteiger partial charge in [-0.1, -0.05) is 30.3 Å². The number of hydrogen-bond donors (Lipinski definition) is 0. The first-order valence-electron chi connectivity index (χ1n) is 9.47. The molecule has 0 bridgehead atoms. The zero-order valence-corrected chi connectivity index (χ0v) is 16.5. The summed E-state index contributed by atoms with van der Waals surface area (Å²) in [5, 5.41) is 0. The van der Waals surface area contributed by atoms with E-state index < -0.39 is 22.1 Å². The summed E-state index contributed by atoms with van der Waals surface area (Å²) >= 11 is 0. The number of nitrogens with zero attached hydrogens (tertiary/aromatic N) is 3. The number of fused-ring (bicyclic) bond motifs is 1. The summed E-state index contributed by atoms with van der Waals surface area (Å²) in [7, 11) is -3.47. The zero-order valence-electron chi connectivity index (χ0n) is 15.7. The molecule has 1 aromatic rings. The van der Waals surface area contributed by atoms with Gasteiger partial charge in [-0.15, -0.1) is 4.40 Å². The van der Waals surface area contributed by atoms with Crippen LogP contribution >= 0.6 is 0 Å². The van der Waals surface area contributed by atoms with E-state index in [1.807, 2.05) is 6.07 Å². The predicted octanol–water partition coefficient (Wildman–Crippen LogP) is 1.39. The third kappa shape index (κ3) is 4.24. The average molecular weight is 415 g/mol. The summed E-state index contributed by atoms with van der Waals surface area (Å²) in [6, 6.07) is 8.95. The van der Waals surface area contributed by atoms with Crippen LogP contribution in [0.25, 0.3) is 0 Å². The third-order valence-electron chi connectivity index (χ3n) is 5.03. The summed E-state index contributed by atoms with van der Waals surface area (Å²) < 4.78 is 32.6. The van der Waals surface area contributed by atoms with E-state index in [0.717, 1.165) is 12.8 Å². The highest BCUT2D eigenvalue weighted by Crippen LogP contribution is 2.25. The maximum Gasteiger partial charge on any atom is 0.340 e. The number of hydrogen-bond acceptors (Lipinski definition) is 6. The molecule has 0 radical (unpaired) electrons. The second-order valence-electron chi connectivity index (χ2n) is 7.08. The Morgan fingerprint density at radius 3 is 2.48 bits per heavy atom. The van der Waals surface area contributed by atoms with E-state index >= 15 is 0 Å². The highest BCUT2D eigenvalue weighted by Gasteiger charge is 2.32. The van der Waals surface area contributed by atoms with E-state index in [2.05, 4.69) is 4.40 Å². The maximum atomic E-state index is 13.0. The number of benzene rings is 1. The number of ether oxygens (including phenoxy) is 1. The van der Waals surface area contributed by atoms with E-state index in [-0.39, 0.29) is 29.6 Å². The van der Waals surface area contributed by atoms with Gasteiger partial charge in [-0.2, -0.15) is 0 Å². The van der Waals surface area contributed by atoms with Crippen molar-refractivity contribution in [1.82, 2.24) is 9.80 Å². The first-order chi connectivity index (χ1) is 13.9. The fourth-order valence-corrected chi connectivity index (χ4v) is 4.46. The molecule has 1 amide bonds. The highest BCUT2D eigenvalue weighted by molar-refractivity contribution is 7.90. The molecule has 0 saturated carbocycles. The molecule has 3 aliphatic rings. The Bertz CT molecular complexity index is 1010. The van der Waals surface area contributed by atoms with Gasteiger partial charge in [-0.3, -0.25) is 4.79 Å². The number of esters is 1. The van der Waals surface area contributed by atoms with Gasteiger partial charge >= 0.3 is 5.97 Å². The molecule has 8 nitrogen and oxygen atoms in total. The van der Waals surface area contributed by atoms with Crippen LogP contribution in [-0.4, -0.2) is 61.3 Å². The smallest absolute Gasteiger partial charge is 0.340 e. The molecule has 29 heavy (non-hydrogen) atoms. The van der Waals surface area contributed by atoms with Gasteiger partial charge in [0.1, 0.15) is 5.84 Å². The lowest BCUT2D eigenvalue weighted by atomic mass is 10.1. The van der Waals surface area contributed by atoms with Gasteiger partial charge in [0.25, 0.3) is 15.9 Å². The van der Waals surface area contributed by atoms with Crippen molar-refractivity contribution >= 4 is 27.7 Å². The molecule has 1 atom stereocenters. The Balaban J connectivity index is 1.55. The number of likely N-dealkylation sites (tertiary alicyclic amines) is 1. The van der Waals surface area contributed by atoms with Crippen LogP contribution in [0.5, 0.6) is 0 Å². The lowest BCUT2D eigenvalue weighted by Crippen LogP contribution is -2.38. The molecule has 1 fully saturated rings. The van der Waals surface area contributed by atoms with Gasteiger partial charge in [-0.25, -0.2) is 13.2 Å². The van der Waals surface area contributed by atoms with E-state index in [9.17, 15) is 18.0 Å². The van der Waals surface area contributed by atoms with E-state index in [1.54, 1.807) is 34.1 Å². The average Bonchev–Trinajstić information content (AvgIpc) is 3.26. The molecule has 0 spiro atoms. The molecule has 4 rings (SSSR count). The van der Waals surface area contributed by atoms with E-state index in [1.165, 1.54) is 18.4 Å². The number of rotatable bonds is 4. The molecule has 1 aromatic carbocycles. The second-order valence-corrected chi connectivity index (χ2v) is 8.83. The van der Waals surface area contributed by atoms with Crippen molar-refractivity contribution in [3.8, 4) is 0 Å². The predicted molar refractivity (Wildman–Crippen MR) is 106 cm³/mol. The largest absolute Gasteiger partial charge is 0.444 e. The highest BCUT2D eigenvalue weighted by atomic mass is 32.2. The fraction of sp³-hybridized carbons (Fsp3) is 0.350. The molecule has 1 saturated heterocycles. The van der Waals surface area contributed by atoms with Gasteiger partial charge in [0.2, 0.25) is 6.10 Å². The summed E-state index contributed by atoms with van der Waals surface area (Å²) in [4.78, 5) is 29.1. The van der Waals surface area contributed by atoms with E-state index in [4.69, 9.17) is 4.74 Å². The number of carbonyl (C=O) groups is 2. The van der Waals surface area contributed by atoms with Crippen LogP contribution in [0.2, 0.25) is 0 Å². The molecule has 0 aliphatic carbocycles. The lowest BCUT2D eigenvalue weighted by Gasteiger charge is -2.28. The molecule has 0 N–H and O–H groups in total. The van der Waals surface area contributed by atoms with Crippen molar-refractivity contribution in [2.24, 2.45) is 4.40 Å². The van der Waals surface area contributed by atoms with Crippen LogP contribution in [0.15, 0.2) is 58.7 Å². The Morgan fingerprint density at radius 1 is 1.03 bits per heavy atom. The van der Waals surface area contributed by atoms with Gasteiger partial charge in [-0.05, 0) is 25.0 Å². The molecular formula is C20H21N3O5S. The van der Waals surface area contributed by atoms with Crippen molar-refractivity contribution in [3.05, 3.63) is 59.8 Å². The molecule has 1 unspecified atom stereocenters. The van der Waals surface area contributed by atoms with Crippen molar-refractivity contribution < 1.29 is 22.7 Å². The summed E-state index contributed by atoms with van der Waals surface area (Å²) in [6.45, 7) is 1.52. The summed E-state index contributed by atoms with van der Waals surface area (Å²) in [6.07, 6.45) is 5.30. The van der Waals surface area contributed by atoms with Crippen molar-refractivity contribution in [1.29, 1.82) is 0 Å².